The number of imidazole rings is 1. The lowest BCUT2D eigenvalue weighted by Crippen LogP contribution is -2.49. The maximum atomic E-state index is 14.8. The maximum Gasteiger partial charge on any atom is 0.235 e. The Morgan fingerprint density at radius 1 is 0.929 bits per heavy atom. The Balaban J connectivity index is 0.768. The number of hydrogen-bond acceptors (Lipinski definition) is 10. The van der Waals surface area contributed by atoms with Gasteiger partial charge in [0.25, 0.3) is 0 Å². The smallest absolute Gasteiger partial charge is 0.235 e. The third kappa shape index (κ3) is 6.76. The first-order valence-electron chi connectivity index (χ1n) is 19.3. The summed E-state index contributed by atoms with van der Waals surface area (Å²) in [5.41, 5.74) is 5.31. The lowest BCUT2D eigenvalue weighted by molar-refractivity contribution is -0.134. The molecule has 0 bridgehead atoms. The molecular formula is C40H44F2N12O2. The molecule has 3 saturated heterocycles. The minimum atomic E-state index is -0.655. The van der Waals surface area contributed by atoms with Crippen LogP contribution in [0, 0.1) is 18.6 Å². The van der Waals surface area contributed by atoms with Gasteiger partial charge in [-0.1, -0.05) is 12.1 Å². The molecule has 3 aliphatic rings. The van der Waals surface area contributed by atoms with Gasteiger partial charge in [-0.2, -0.15) is 10.2 Å². The van der Waals surface area contributed by atoms with Crippen molar-refractivity contribution in [3.63, 3.8) is 0 Å². The predicted octanol–water partition coefficient (Wildman–Crippen LogP) is 4.79. The van der Waals surface area contributed by atoms with Gasteiger partial charge in [0.15, 0.2) is 11.5 Å². The number of anilines is 3. The fourth-order valence-corrected chi connectivity index (χ4v) is 8.51. The number of carbonyl (C=O) groups excluding carboxylic acids is 2. The summed E-state index contributed by atoms with van der Waals surface area (Å²) in [6.07, 6.45) is 11.5. The van der Waals surface area contributed by atoms with E-state index in [0.717, 1.165) is 99.2 Å². The number of fused-ring (bicyclic) bond motifs is 2. The molecule has 14 nitrogen and oxygen atoms in total. The SMILES string of the molecule is Cc1cc(-c2cnc(Nc3cnn(C4CCN(CCN5CCN(c6cccc7c(C8CCC(=O)NC8=O)nn(C)c67)CC5)CC4)c3)c3nccn23)c(F)cc1F. The molecule has 0 radical (unpaired) electrons. The highest BCUT2D eigenvalue weighted by molar-refractivity contribution is 6.03. The highest BCUT2D eigenvalue weighted by atomic mass is 19.1. The van der Waals surface area contributed by atoms with Crippen LogP contribution in [-0.4, -0.2) is 108 Å². The van der Waals surface area contributed by atoms with Crippen molar-refractivity contribution in [2.45, 2.75) is 44.6 Å². The van der Waals surface area contributed by atoms with E-state index in [1.54, 1.807) is 36.1 Å². The largest absolute Gasteiger partial charge is 0.367 e. The summed E-state index contributed by atoms with van der Waals surface area (Å²) in [5, 5.41) is 16.2. The van der Waals surface area contributed by atoms with Gasteiger partial charge in [0.1, 0.15) is 11.6 Å². The highest BCUT2D eigenvalue weighted by Crippen LogP contribution is 2.35. The molecule has 1 unspecified atom stereocenters. The number of imide groups is 1. The van der Waals surface area contributed by atoms with Crippen LogP contribution < -0.4 is 15.5 Å². The van der Waals surface area contributed by atoms with Crippen molar-refractivity contribution in [3.8, 4) is 11.3 Å². The number of rotatable bonds is 9. The summed E-state index contributed by atoms with van der Waals surface area (Å²) in [6, 6.07) is 8.90. The minimum Gasteiger partial charge on any atom is -0.367 e. The van der Waals surface area contributed by atoms with E-state index < -0.39 is 17.6 Å². The van der Waals surface area contributed by atoms with Gasteiger partial charge in [0.2, 0.25) is 11.8 Å². The number of amides is 2. The van der Waals surface area contributed by atoms with Gasteiger partial charge in [0.05, 0.1) is 52.6 Å². The van der Waals surface area contributed by atoms with Crippen LogP contribution in [-0.2, 0) is 16.6 Å². The summed E-state index contributed by atoms with van der Waals surface area (Å²) in [7, 11) is 1.93. The second-order valence-electron chi connectivity index (χ2n) is 15.1. The molecule has 2 aromatic carbocycles. The Kier molecular flexibility index (Phi) is 9.45. The Morgan fingerprint density at radius 3 is 2.50 bits per heavy atom. The molecule has 9 rings (SSSR count). The zero-order chi connectivity index (χ0) is 38.5. The fourth-order valence-electron chi connectivity index (χ4n) is 8.51. The number of halogens is 2. The summed E-state index contributed by atoms with van der Waals surface area (Å²) < 4.78 is 34.4. The van der Waals surface area contributed by atoms with E-state index in [9.17, 15) is 18.4 Å². The van der Waals surface area contributed by atoms with E-state index in [1.807, 2.05) is 34.7 Å². The number of aryl methyl sites for hydroxylation is 2. The molecular weight excluding hydrogens is 719 g/mol. The number of carbonyl (C=O) groups is 2. The molecule has 3 fully saturated rings. The van der Waals surface area contributed by atoms with Crippen LogP contribution in [0.5, 0.6) is 0 Å². The van der Waals surface area contributed by atoms with Gasteiger partial charge >= 0.3 is 0 Å². The standard InChI is InChI=1S/C40H44F2N12O2/c1-25-20-30(32(42)21-31(25)41)34-23-44-38(39-43-10-13-53(34)39)46-26-22-45-54(24-26)27-8-11-50(12-9-27)14-15-51-16-18-52(19-17-51)33-5-3-4-28-36(48-49(2)37(28)33)29-6-7-35(55)47-40(29)56/h3-5,10,13,20-24,27,29H,6-9,11-12,14-19H2,1-2H3,(H,44,46)(H,47,55,56). The number of para-hydroxylation sites is 1. The summed E-state index contributed by atoms with van der Waals surface area (Å²) in [4.78, 5) is 40.9. The van der Waals surface area contributed by atoms with Crippen molar-refractivity contribution in [1.82, 2.24) is 49.0 Å². The Morgan fingerprint density at radius 2 is 1.71 bits per heavy atom. The van der Waals surface area contributed by atoms with Gasteiger partial charge in [0, 0.05) is 101 Å². The quantitative estimate of drug-likeness (QED) is 0.198. The first kappa shape index (κ1) is 35.9. The van der Waals surface area contributed by atoms with Crippen LogP contribution in [0.3, 0.4) is 0 Å². The van der Waals surface area contributed by atoms with Crippen LogP contribution in [0.15, 0.2) is 61.3 Å². The molecule has 290 valence electrons. The van der Waals surface area contributed by atoms with E-state index >= 15 is 0 Å². The number of aromatic nitrogens is 7. The molecule has 7 heterocycles. The number of nitrogens with one attached hydrogen (secondary N) is 2. The summed E-state index contributed by atoms with van der Waals surface area (Å²) in [5.74, 6) is -1.63. The van der Waals surface area contributed by atoms with Gasteiger partial charge in [-0.15, -0.1) is 0 Å². The Labute approximate surface area is 322 Å². The molecule has 0 aliphatic carbocycles. The topological polar surface area (TPSA) is 134 Å². The van der Waals surface area contributed by atoms with Gasteiger partial charge in [-0.3, -0.25) is 33.6 Å². The number of likely N-dealkylation sites (tertiary alicyclic amines) is 1. The fraction of sp³-hybridized carbons (Fsp3) is 0.400. The van der Waals surface area contributed by atoms with Crippen molar-refractivity contribution in [1.29, 1.82) is 0 Å². The molecule has 3 aliphatic heterocycles. The van der Waals surface area contributed by atoms with Gasteiger partial charge in [-0.05, 0) is 43.9 Å². The highest BCUT2D eigenvalue weighted by Gasteiger charge is 2.33. The third-order valence-corrected chi connectivity index (χ3v) is 11.6. The third-order valence-electron chi connectivity index (χ3n) is 11.6. The van der Waals surface area contributed by atoms with Crippen molar-refractivity contribution in [2.24, 2.45) is 7.05 Å². The number of nitrogens with zero attached hydrogens (tertiary/aromatic N) is 10. The number of hydrogen-bond donors (Lipinski definition) is 2. The lowest BCUT2D eigenvalue weighted by atomic mass is 9.92. The van der Waals surface area contributed by atoms with Crippen molar-refractivity contribution in [2.75, 3.05) is 62.6 Å². The molecule has 4 aromatic heterocycles. The molecule has 56 heavy (non-hydrogen) atoms. The number of piperidine rings is 2. The summed E-state index contributed by atoms with van der Waals surface area (Å²) >= 11 is 0. The second kappa shape index (κ2) is 14.7. The predicted molar refractivity (Wildman–Crippen MR) is 208 cm³/mol. The van der Waals surface area contributed by atoms with Gasteiger partial charge in [-0.25, -0.2) is 18.7 Å². The Bertz CT molecular complexity index is 2440. The van der Waals surface area contributed by atoms with Crippen molar-refractivity contribution < 1.29 is 18.4 Å². The molecule has 2 amide bonds. The van der Waals surface area contributed by atoms with Crippen LogP contribution >= 0.6 is 0 Å². The van der Waals surface area contributed by atoms with E-state index in [1.165, 1.54) is 6.07 Å². The lowest BCUT2D eigenvalue weighted by Gasteiger charge is -2.38. The van der Waals surface area contributed by atoms with E-state index in [4.69, 9.17) is 5.10 Å². The molecule has 0 saturated carbocycles. The van der Waals surface area contributed by atoms with E-state index in [-0.39, 0.29) is 17.4 Å². The minimum absolute atomic E-state index is 0.218. The normalized spacial score (nSPS) is 19.0. The van der Waals surface area contributed by atoms with Crippen molar-refractivity contribution in [3.05, 3.63) is 84.2 Å². The molecule has 1 atom stereocenters. The second-order valence-corrected chi connectivity index (χ2v) is 15.1. The van der Waals surface area contributed by atoms with Crippen LogP contribution in [0.1, 0.15) is 48.9 Å². The molecule has 0 spiro atoms. The average molecular weight is 763 g/mol. The first-order chi connectivity index (χ1) is 27.2. The van der Waals surface area contributed by atoms with Crippen LogP contribution in [0.4, 0.5) is 26.0 Å². The Hall–Kier alpha value is -5.74. The first-order valence-corrected chi connectivity index (χ1v) is 19.3. The van der Waals surface area contributed by atoms with Crippen molar-refractivity contribution >= 4 is 45.6 Å². The molecule has 16 heteroatoms. The van der Waals surface area contributed by atoms with Gasteiger partial charge < -0.3 is 15.1 Å². The van der Waals surface area contributed by atoms with Crippen LogP contribution in [0.25, 0.3) is 27.8 Å². The number of benzene rings is 2. The maximum absolute atomic E-state index is 14.8. The molecule has 2 N–H and O–H groups in total. The van der Waals surface area contributed by atoms with E-state index in [0.29, 0.717) is 41.6 Å². The zero-order valence-electron chi connectivity index (χ0n) is 31.5. The number of piperazine rings is 1. The monoisotopic (exact) mass is 762 g/mol. The summed E-state index contributed by atoms with van der Waals surface area (Å²) in [6.45, 7) is 9.42. The molecule has 6 aromatic rings. The van der Waals surface area contributed by atoms with E-state index in [2.05, 4.69) is 46.5 Å². The average Bonchev–Trinajstić information content (AvgIpc) is 3.96. The zero-order valence-corrected chi connectivity index (χ0v) is 31.5. The van der Waals surface area contributed by atoms with Crippen LogP contribution in [0.2, 0.25) is 0 Å².